The summed E-state index contributed by atoms with van der Waals surface area (Å²) in [4.78, 5) is 35.8. The van der Waals surface area contributed by atoms with Crippen LogP contribution in [0.4, 0.5) is 13.2 Å². The SMILES string of the molecule is C=Cc1nc2c(=O)n(Cc3ncn(C)n3)c(=O)n(Cc3cc(F)c(F)c(F)c3)c2cc1-c1cc(C#N)ccc1Cl. The maximum Gasteiger partial charge on any atom is 0.332 e. The molecule has 0 saturated heterocycles. The maximum atomic E-state index is 14.0. The average molecular weight is 564 g/mol. The predicted octanol–water partition coefficient (Wildman–Crippen LogP) is 4.04. The molecule has 2 aromatic carbocycles. The second kappa shape index (κ2) is 10.3. The lowest BCUT2D eigenvalue weighted by atomic mass is 10.0. The first-order valence-electron chi connectivity index (χ1n) is 11.6. The van der Waals surface area contributed by atoms with Crippen molar-refractivity contribution >= 4 is 28.7 Å². The Morgan fingerprint density at radius 1 is 1.05 bits per heavy atom. The lowest BCUT2D eigenvalue weighted by Gasteiger charge is -2.16. The van der Waals surface area contributed by atoms with Crippen LogP contribution in [-0.2, 0) is 20.1 Å². The molecule has 5 aromatic rings. The van der Waals surface area contributed by atoms with E-state index in [1.165, 1.54) is 41.4 Å². The van der Waals surface area contributed by atoms with E-state index in [-0.39, 0.29) is 39.7 Å². The quantitative estimate of drug-likeness (QED) is 0.288. The Bertz CT molecular complexity index is 1980. The molecule has 0 bridgehead atoms. The number of nitriles is 1. The van der Waals surface area contributed by atoms with Crippen molar-refractivity contribution in [2.75, 3.05) is 0 Å². The molecule has 40 heavy (non-hydrogen) atoms. The molecule has 9 nitrogen and oxygen atoms in total. The zero-order chi connectivity index (χ0) is 28.7. The molecule has 3 aromatic heterocycles. The van der Waals surface area contributed by atoms with Crippen LogP contribution in [-0.4, -0.2) is 28.9 Å². The van der Waals surface area contributed by atoms with E-state index >= 15 is 0 Å². The van der Waals surface area contributed by atoms with Gasteiger partial charge in [0.25, 0.3) is 5.56 Å². The van der Waals surface area contributed by atoms with Crippen LogP contribution in [0.25, 0.3) is 28.2 Å². The highest BCUT2D eigenvalue weighted by Gasteiger charge is 2.21. The monoisotopic (exact) mass is 563 g/mol. The molecule has 0 radical (unpaired) electrons. The summed E-state index contributed by atoms with van der Waals surface area (Å²) in [5.41, 5.74) is -0.620. The summed E-state index contributed by atoms with van der Waals surface area (Å²) in [5, 5.41) is 13.7. The zero-order valence-electron chi connectivity index (χ0n) is 20.7. The molecule has 0 aliphatic rings. The standard InChI is InChI=1S/C27H17ClF3N7O2/c1-3-21-17(16-6-14(10-32)4-5-18(16)28)9-22-25(34-21)26(39)38(12-23-33-13-36(2)35-23)27(40)37(22)11-15-7-19(29)24(31)20(30)8-15/h3-9,13H,1,11-12H2,2H3. The van der Waals surface area contributed by atoms with E-state index in [9.17, 15) is 28.0 Å². The number of pyridine rings is 1. The summed E-state index contributed by atoms with van der Waals surface area (Å²) in [6.07, 6.45) is 2.78. The van der Waals surface area contributed by atoms with Gasteiger partial charge in [-0.05, 0) is 48.0 Å². The normalized spacial score (nSPS) is 11.1. The Morgan fingerprint density at radius 3 is 2.40 bits per heavy atom. The van der Waals surface area contributed by atoms with Gasteiger partial charge in [-0.15, -0.1) is 0 Å². The highest BCUT2D eigenvalue weighted by atomic mass is 35.5. The third kappa shape index (κ3) is 4.67. The lowest BCUT2D eigenvalue weighted by Crippen LogP contribution is -2.41. The molecule has 13 heteroatoms. The number of nitrogens with zero attached hydrogens (tertiary/aromatic N) is 7. The topological polar surface area (TPSA) is 111 Å². The van der Waals surface area contributed by atoms with Crippen LogP contribution in [0.2, 0.25) is 5.02 Å². The van der Waals surface area contributed by atoms with E-state index in [1.807, 2.05) is 6.07 Å². The van der Waals surface area contributed by atoms with Crippen LogP contribution < -0.4 is 11.2 Å². The van der Waals surface area contributed by atoms with Gasteiger partial charge < -0.3 is 0 Å². The molecule has 3 heterocycles. The van der Waals surface area contributed by atoms with Gasteiger partial charge in [0.2, 0.25) is 0 Å². The smallest absolute Gasteiger partial charge is 0.287 e. The fraction of sp³-hybridized carbons (Fsp3) is 0.111. The van der Waals surface area contributed by atoms with Crippen molar-refractivity contribution in [2.45, 2.75) is 13.1 Å². The zero-order valence-corrected chi connectivity index (χ0v) is 21.5. The molecular weight excluding hydrogens is 547 g/mol. The average Bonchev–Trinajstić information content (AvgIpc) is 3.36. The van der Waals surface area contributed by atoms with E-state index in [1.54, 1.807) is 7.05 Å². The van der Waals surface area contributed by atoms with Crippen molar-refractivity contribution in [2.24, 2.45) is 7.05 Å². The Morgan fingerprint density at radius 2 is 1.77 bits per heavy atom. The van der Waals surface area contributed by atoms with E-state index < -0.39 is 35.2 Å². The number of fused-ring (bicyclic) bond motifs is 1. The molecule has 0 spiro atoms. The van der Waals surface area contributed by atoms with E-state index in [2.05, 4.69) is 21.6 Å². The molecule has 0 atom stereocenters. The van der Waals surface area contributed by atoms with E-state index in [0.717, 1.165) is 21.3 Å². The minimum absolute atomic E-state index is 0.00407. The summed E-state index contributed by atoms with van der Waals surface area (Å²) < 4.78 is 45.0. The Kier molecular flexibility index (Phi) is 6.83. The second-order valence-corrected chi connectivity index (χ2v) is 9.17. The first kappa shape index (κ1) is 26.6. The van der Waals surface area contributed by atoms with Crippen LogP contribution >= 0.6 is 11.6 Å². The first-order valence-corrected chi connectivity index (χ1v) is 12.0. The van der Waals surface area contributed by atoms with Crippen molar-refractivity contribution in [3.05, 3.63) is 115 Å². The molecule has 0 fully saturated rings. The maximum absolute atomic E-state index is 14.0. The number of benzene rings is 2. The summed E-state index contributed by atoms with van der Waals surface area (Å²) >= 11 is 6.43. The number of hydrogen-bond donors (Lipinski definition) is 0. The number of rotatable bonds is 6. The minimum Gasteiger partial charge on any atom is -0.287 e. The van der Waals surface area contributed by atoms with Gasteiger partial charge in [-0.1, -0.05) is 18.2 Å². The van der Waals surface area contributed by atoms with Gasteiger partial charge in [-0.25, -0.2) is 27.9 Å². The molecular formula is C27H17ClF3N7O2. The highest BCUT2D eigenvalue weighted by Crippen LogP contribution is 2.33. The Balaban J connectivity index is 1.83. The van der Waals surface area contributed by atoms with Crippen molar-refractivity contribution in [3.8, 4) is 17.2 Å². The van der Waals surface area contributed by atoms with Crippen LogP contribution in [0, 0.1) is 28.8 Å². The fourth-order valence-corrected chi connectivity index (χ4v) is 4.51. The molecule has 0 aliphatic heterocycles. The van der Waals surface area contributed by atoms with Crippen LogP contribution in [0.3, 0.4) is 0 Å². The van der Waals surface area contributed by atoms with E-state index in [0.29, 0.717) is 16.7 Å². The van der Waals surface area contributed by atoms with Crippen molar-refractivity contribution in [3.63, 3.8) is 0 Å². The van der Waals surface area contributed by atoms with Gasteiger partial charge in [-0.3, -0.25) is 18.6 Å². The summed E-state index contributed by atoms with van der Waals surface area (Å²) in [6, 6.07) is 9.54. The summed E-state index contributed by atoms with van der Waals surface area (Å²) in [6.45, 7) is 3.00. The highest BCUT2D eigenvalue weighted by molar-refractivity contribution is 6.33. The largest absolute Gasteiger partial charge is 0.332 e. The lowest BCUT2D eigenvalue weighted by molar-refractivity contribution is 0.444. The van der Waals surface area contributed by atoms with Gasteiger partial charge in [0.15, 0.2) is 28.8 Å². The van der Waals surface area contributed by atoms with E-state index in [4.69, 9.17) is 11.6 Å². The molecule has 0 saturated carbocycles. The van der Waals surface area contributed by atoms with Gasteiger partial charge in [0.1, 0.15) is 6.33 Å². The third-order valence-electron chi connectivity index (χ3n) is 6.14. The molecule has 0 amide bonds. The van der Waals surface area contributed by atoms with Crippen LogP contribution in [0.1, 0.15) is 22.6 Å². The Hall–Kier alpha value is -5.02. The van der Waals surface area contributed by atoms with Gasteiger partial charge in [-0.2, -0.15) is 10.4 Å². The number of aryl methyl sites for hydroxylation is 1. The van der Waals surface area contributed by atoms with Gasteiger partial charge in [0, 0.05) is 23.2 Å². The molecule has 0 unspecified atom stereocenters. The summed E-state index contributed by atoms with van der Waals surface area (Å²) in [7, 11) is 1.61. The second-order valence-electron chi connectivity index (χ2n) is 8.77. The van der Waals surface area contributed by atoms with Gasteiger partial charge >= 0.3 is 5.69 Å². The molecule has 0 aliphatic carbocycles. The Labute approximate surface area is 228 Å². The molecule has 200 valence electrons. The number of halogens is 4. The predicted molar refractivity (Wildman–Crippen MR) is 141 cm³/mol. The fourth-order valence-electron chi connectivity index (χ4n) is 4.29. The molecule has 0 N–H and O–H groups in total. The van der Waals surface area contributed by atoms with Crippen molar-refractivity contribution in [1.29, 1.82) is 5.26 Å². The number of hydrogen-bond acceptors (Lipinski definition) is 6. The van der Waals surface area contributed by atoms with Crippen molar-refractivity contribution in [1.82, 2.24) is 28.9 Å². The van der Waals surface area contributed by atoms with Crippen molar-refractivity contribution < 1.29 is 13.2 Å². The van der Waals surface area contributed by atoms with Crippen LogP contribution in [0.5, 0.6) is 0 Å². The van der Waals surface area contributed by atoms with Crippen LogP contribution in [0.15, 0.2) is 58.9 Å². The van der Waals surface area contributed by atoms with Gasteiger partial charge in [0.05, 0.1) is 35.9 Å². The third-order valence-corrected chi connectivity index (χ3v) is 6.47. The first-order chi connectivity index (χ1) is 19.1. The molecule has 5 rings (SSSR count). The minimum atomic E-state index is -1.65. The number of aromatic nitrogens is 6. The summed E-state index contributed by atoms with van der Waals surface area (Å²) in [5.74, 6) is -4.37.